The molecule has 0 saturated heterocycles. The Morgan fingerprint density at radius 2 is 1.96 bits per heavy atom. The van der Waals surface area contributed by atoms with E-state index in [0.717, 1.165) is 30.7 Å². The molecule has 1 aliphatic rings. The second kappa shape index (κ2) is 6.36. The minimum Gasteiger partial charge on any atom is -0.456 e. The van der Waals surface area contributed by atoms with Crippen molar-refractivity contribution in [1.82, 2.24) is 9.78 Å². The van der Waals surface area contributed by atoms with Crippen LogP contribution in [0.15, 0.2) is 24.3 Å². The lowest BCUT2D eigenvalue weighted by molar-refractivity contribution is -0.143. The van der Waals surface area contributed by atoms with E-state index >= 15 is 0 Å². The van der Waals surface area contributed by atoms with Crippen LogP contribution in [0.5, 0.6) is 0 Å². The Bertz CT molecular complexity index is 762. The number of Topliss-reactive ketones (excluding diaryl/α,β-unsaturated/α-hetero) is 1. The molecule has 0 aliphatic heterocycles. The monoisotopic (exact) mass is 312 g/mol. The van der Waals surface area contributed by atoms with Crippen LogP contribution in [0, 0.1) is 13.8 Å². The largest absolute Gasteiger partial charge is 0.456 e. The van der Waals surface area contributed by atoms with Gasteiger partial charge >= 0.3 is 5.97 Å². The van der Waals surface area contributed by atoms with Gasteiger partial charge in [-0.3, -0.25) is 14.3 Å². The van der Waals surface area contributed by atoms with E-state index in [9.17, 15) is 9.59 Å². The Kier molecular flexibility index (Phi) is 4.28. The molecule has 0 bridgehead atoms. The topological polar surface area (TPSA) is 61.2 Å². The van der Waals surface area contributed by atoms with E-state index in [1.165, 1.54) is 11.1 Å². The van der Waals surface area contributed by atoms with Crippen LogP contribution in [0.1, 0.15) is 39.3 Å². The van der Waals surface area contributed by atoms with Gasteiger partial charge in [0.25, 0.3) is 0 Å². The molecule has 0 fully saturated rings. The Morgan fingerprint density at radius 1 is 1.17 bits per heavy atom. The summed E-state index contributed by atoms with van der Waals surface area (Å²) in [6.45, 7) is 3.54. The van der Waals surface area contributed by atoms with Gasteiger partial charge in [0.2, 0.25) is 0 Å². The van der Waals surface area contributed by atoms with Crippen molar-refractivity contribution in [1.29, 1.82) is 0 Å². The van der Waals surface area contributed by atoms with Crippen LogP contribution in [-0.4, -0.2) is 28.1 Å². The van der Waals surface area contributed by atoms with Crippen LogP contribution >= 0.6 is 0 Å². The average molecular weight is 312 g/mol. The summed E-state index contributed by atoms with van der Waals surface area (Å²) in [6.07, 6.45) is 3.25. The molecule has 5 nitrogen and oxygen atoms in total. The van der Waals surface area contributed by atoms with Crippen LogP contribution in [0.25, 0.3) is 0 Å². The summed E-state index contributed by atoms with van der Waals surface area (Å²) in [6, 6.07) is 7.65. The predicted octanol–water partition coefficient (Wildman–Crippen LogP) is 2.41. The molecule has 0 unspecified atom stereocenters. The van der Waals surface area contributed by atoms with Gasteiger partial charge < -0.3 is 4.74 Å². The number of benzene rings is 1. The van der Waals surface area contributed by atoms with E-state index in [2.05, 4.69) is 5.10 Å². The molecule has 0 N–H and O–H groups in total. The number of hydrogen-bond acceptors (Lipinski definition) is 4. The van der Waals surface area contributed by atoms with Gasteiger partial charge in [-0.05, 0) is 56.4 Å². The molecule has 2 aromatic rings. The molecule has 1 aromatic carbocycles. The van der Waals surface area contributed by atoms with Crippen molar-refractivity contribution in [3.05, 3.63) is 52.3 Å². The fraction of sp³-hybridized carbons (Fsp3) is 0.389. The van der Waals surface area contributed by atoms with Gasteiger partial charge in [0.15, 0.2) is 12.4 Å². The lowest BCUT2D eigenvalue weighted by atomic mass is 10.0. The minimum atomic E-state index is -0.453. The molecule has 0 amide bonds. The molecule has 23 heavy (non-hydrogen) atoms. The van der Waals surface area contributed by atoms with Crippen molar-refractivity contribution in [2.75, 3.05) is 6.61 Å². The summed E-state index contributed by atoms with van der Waals surface area (Å²) in [7, 11) is 0. The fourth-order valence-electron chi connectivity index (χ4n) is 2.98. The standard InChI is InChI=1S/C18H20N2O3/c1-12-8-13(2)20(19-12)10-18(22)23-11-17(21)16-7-6-14-4-3-5-15(14)9-16/h6-9H,3-5,10-11H2,1-2H3. The number of aromatic nitrogens is 2. The first-order chi connectivity index (χ1) is 11.0. The van der Waals surface area contributed by atoms with Crippen LogP contribution < -0.4 is 0 Å². The summed E-state index contributed by atoms with van der Waals surface area (Å²) in [5.41, 5.74) is 4.92. The predicted molar refractivity (Wildman–Crippen MR) is 85.5 cm³/mol. The Hall–Kier alpha value is -2.43. The zero-order chi connectivity index (χ0) is 16.4. The molecular weight excluding hydrogens is 292 g/mol. The number of hydrogen-bond donors (Lipinski definition) is 0. The van der Waals surface area contributed by atoms with Gasteiger partial charge in [-0.25, -0.2) is 0 Å². The maximum absolute atomic E-state index is 12.2. The highest BCUT2D eigenvalue weighted by atomic mass is 16.5. The van der Waals surface area contributed by atoms with Crippen molar-refractivity contribution >= 4 is 11.8 Å². The number of nitrogens with zero attached hydrogens (tertiary/aromatic N) is 2. The van der Waals surface area contributed by atoms with Crippen molar-refractivity contribution in [2.45, 2.75) is 39.7 Å². The third-order valence-corrected chi connectivity index (χ3v) is 4.17. The number of rotatable bonds is 5. The van der Waals surface area contributed by atoms with Crippen molar-refractivity contribution in [3.63, 3.8) is 0 Å². The Labute approximate surface area is 135 Å². The van der Waals surface area contributed by atoms with Crippen molar-refractivity contribution in [3.8, 4) is 0 Å². The summed E-state index contributed by atoms with van der Waals surface area (Å²) in [5.74, 6) is -0.618. The van der Waals surface area contributed by atoms with E-state index in [4.69, 9.17) is 4.74 Å². The summed E-state index contributed by atoms with van der Waals surface area (Å²) in [4.78, 5) is 24.0. The maximum Gasteiger partial charge on any atom is 0.328 e. The molecule has 120 valence electrons. The molecule has 3 rings (SSSR count). The zero-order valence-electron chi connectivity index (χ0n) is 13.5. The van der Waals surface area contributed by atoms with Gasteiger partial charge in [-0.1, -0.05) is 12.1 Å². The van der Waals surface area contributed by atoms with Crippen LogP contribution in [0.2, 0.25) is 0 Å². The highest BCUT2D eigenvalue weighted by Crippen LogP contribution is 2.23. The fourth-order valence-corrected chi connectivity index (χ4v) is 2.98. The number of carbonyl (C=O) groups is 2. The van der Waals surface area contributed by atoms with Gasteiger partial charge in [0.1, 0.15) is 6.54 Å². The zero-order valence-corrected chi connectivity index (χ0v) is 13.5. The normalized spacial score (nSPS) is 13.0. The molecule has 0 radical (unpaired) electrons. The number of ketones is 1. The Morgan fingerprint density at radius 3 is 2.70 bits per heavy atom. The van der Waals surface area contributed by atoms with E-state index in [1.807, 2.05) is 38.1 Å². The van der Waals surface area contributed by atoms with E-state index in [1.54, 1.807) is 4.68 Å². The highest BCUT2D eigenvalue weighted by Gasteiger charge is 2.16. The van der Waals surface area contributed by atoms with Crippen molar-refractivity contribution < 1.29 is 14.3 Å². The summed E-state index contributed by atoms with van der Waals surface area (Å²) >= 11 is 0. The second-order valence-electron chi connectivity index (χ2n) is 6.01. The summed E-state index contributed by atoms with van der Waals surface area (Å²) < 4.78 is 6.68. The van der Waals surface area contributed by atoms with Gasteiger partial charge in [-0.2, -0.15) is 5.10 Å². The first-order valence-corrected chi connectivity index (χ1v) is 7.84. The first kappa shape index (κ1) is 15.5. The van der Waals surface area contributed by atoms with Crippen molar-refractivity contribution in [2.24, 2.45) is 0 Å². The van der Waals surface area contributed by atoms with Gasteiger partial charge in [0.05, 0.1) is 5.69 Å². The van der Waals surface area contributed by atoms with E-state index in [-0.39, 0.29) is 18.9 Å². The summed E-state index contributed by atoms with van der Waals surface area (Å²) in [5, 5.41) is 4.21. The van der Waals surface area contributed by atoms with Gasteiger partial charge in [0, 0.05) is 11.3 Å². The Balaban J connectivity index is 1.56. The second-order valence-corrected chi connectivity index (χ2v) is 6.01. The van der Waals surface area contributed by atoms with Crippen LogP contribution in [0.4, 0.5) is 0 Å². The third-order valence-electron chi connectivity index (χ3n) is 4.17. The number of esters is 1. The molecule has 1 aromatic heterocycles. The molecule has 0 atom stereocenters. The quantitative estimate of drug-likeness (QED) is 0.628. The first-order valence-electron chi connectivity index (χ1n) is 7.84. The van der Waals surface area contributed by atoms with Gasteiger partial charge in [-0.15, -0.1) is 0 Å². The molecule has 1 heterocycles. The molecule has 1 aliphatic carbocycles. The molecule has 0 spiro atoms. The third kappa shape index (κ3) is 3.50. The molecule has 0 saturated carbocycles. The van der Waals surface area contributed by atoms with E-state index in [0.29, 0.717) is 5.56 Å². The number of fused-ring (bicyclic) bond motifs is 1. The number of ether oxygens (including phenoxy) is 1. The number of aryl methyl sites for hydroxylation is 4. The SMILES string of the molecule is Cc1cc(C)n(CC(=O)OCC(=O)c2ccc3c(c2)CCC3)n1. The minimum absolute atomic E-state index is 0.0249. The highest BCUT2D eigenvalue weighted by molar-refractivity contribution is 5.98. The lowest BCUT2D eigenvalue weighted by Gasteiger charge is -2.07. The lowest BCUT2D eigenvalue weighted by Crippen LogP contribution is -2.19. The smallest absolute Gasteiger partial charge is 0.328 e. The average Bonchev–Trinajstić information content (AvgIpc) is 3.10. The molecular formula is C18H20N2O3. The maximum atomic E-state index is 12.2. The van der Waals surface area contributed by atoms with Crippen LogP contribution in [-0.2, 0) is 28.9 Å². The van der Waals surface area contributed by atoms with Crippen LogP contribution in [0.3, 0.4) is 0 Å². The molecule has 5 heteroatoms. The number of carbonyl (C=O) groups excluding carboxylic acids is 2. The van der Waals surface area contributed by atoms with E-state index < -0.39 is 5.97 Å².